The predicted molar refractivity (Wildman–Crippen MR) is 102 cm³/mol. The second-order valence-electron chi connectivity index (χ2n) is 5.74. The molecule has 0 heterocycles. The van der Waals surface area contributed by atoms with Crippen LogP contribution in [-0.2, 0) is 4.79 Å². The minimum atomic E-state index is -3.04. The zero-order chi connectivity index (χ0) is 20.7. The van der Waals surface area contributed by atoms with Crippen LogP contribution < -0.4 is 19.6 Å². The van der Waals surface area contributed by atoms with Crippen molar-refractivity contribution in [2.24, 2.45) is 5.10 Å². The quantitative estimate of drug-likeness (QED) is 0.523. The average molecular weight is 413 g/mol. The molecule has 0 saturated heterocycles. The van der Waals surface area contributed by atoms with Crippen molar-refractivity contribution < 1.29 is 27.8 Å². The summed E-state index contributed by atoms with van der Waals surface area (Å²) in [7, 11) is 1.29. The van der Waals surface area contributed by atoms with Crippen LogP contribution in [0.5, 0.6) is 17.2 Å². The summed E-state index contributed by atoms with van der Waals surface area (Å²) in [6.07, 6.45) is 1.29. The van der Waals surface area contributed by atoms with Gasteiger partial charge in [-0.25, -0.2) is 5.43 Å². The monoisotopic (exact) mass is 412 g/mol. The first-order chi connectivity index (χ1) is 13.3. The third-order valence-electron chi connectivity index (χ3n) is 3.71. The van der Waals surface area contributed by atoms with E-state index >= 15 is 0 Å². The van der Waals surface area contributed by atoms with Crippen LogP contribution in [0.4, 0.5) is 8.78 Å². The van der Waals surface area contributed by atoms with Gasteiger partial charge in [-0.2, -0.15) is 13.9 Å². The molecule has 2 aromatic carbocycles. The molecular formula is C19H19ClF2N2O4. The van der Waals surface area contributed by atoms with Crippen molar-refractivity contribution in [2.45, 2.75) is 20.5 Å². The van der Waals surface area contributed by atoms with Crippen molar-refractivity contribution in [3.05, 3.63) is 52.0 Å². The van der Waals surface area contributed by atoms with Crippen molar-refractivity contribution in [3.8, 4) is 17.2 Å². The van der Waals surface area contributed by atoms with E-state index in [2.05, 4.69) is 15.3 Å². The predicted octanol–water partition coefficient (Wildman–Crippen LogP) is 4.10. The van der Waals surface area contributed by atoms with E-state index in [1.807, 2.05) is 26.0 Å². The van der Waals surface area contributed by atoms with Crippen molar-refractivity contribution in [1.29, 1.82) is 0 Å². The molecule has 0 aliphatic rings. The molecule has 0 unspecified atom stereocenters. The minimum absolute atomic E-state index is 0.0126. The smallest absolute Gasteiger partial charge is 0.387 e. The fourth-order valence-electron chi connectivity index (χ4n) is 2.18. The average Bonchev–Trinajstić information content (AvgIpc) is 2.64. The summed E-state index contributed by atoms with van der Waals surface area (Å²) in [5, 5.41) is 3.71. The Morgan fingerprint density at radius 1 is 1.25 bits per heavy atom. The number of ether oxygens (including phenoxy) is 3. The standard InChI is InChI=1S/C19H19ClF2N2O4/c1-11-4-5-14(6-12(11)2)27-10-17(25)24-23-9-13-7-15(20)18(28-19(21)22)16(8-13)26-3/h4-9,19H,10H2,1-3H3,(H,24,25)/b23-9-. The van der Waals surface area contributed by atoms with E-state index in [1.54, 1.807) is 6.07 Å². The SMILES string of the molecule is COc1cc(/C=N\NC(=O)COc2ccc(C)c(C)c2)cc(Cl)c1OC(F)F. The molecule has 0 aromatic heterocycles. The van der Waals surface area contributed by atoms with Crippen molar-refractivity contribution >= 4 is 23.7 Å². The van der Waals surface area contributed by atoms with Gasteiger partial charge in [0, 0.05) is 0 Å². The highest BCUT2D eigenvalue weighted by atomic mass is 35.5. The number of rotatable bonds is 8. The van der Waals surface area contributed by atoms with Crippen LogP contribution in [0, 0.1) is 13.8 Å². The maximum Gasteiger partial charge on any atom is 0.387 e. The maximum absolute atomic E-state index is 12.4. The van der Waals surface area contributed by atoms with E-state index in [0.717, 1.165) is 11.1 Å². The molecule has 0 bridgehead atoms. The number of carbonyl (C=O) groups excluding carboxylic acids is 1. The number of hydrazone groups is 1. The summed E-state index contributed by atoms with van der Waals surface area (Å²) in [4.78, 5) is 11.8. The van der Waals surface area contributed by atoms with Crippen LogP contribution in [0.2, 0.25) is 5.02 Å². The Hall–Kier alpha value is -2.87. The molecule has 0 fully saturated rings. The lowest BCUT2D eigenvalue weighted by molar-refractivity contribution is -0.123. The second kappa shape index (κ2) is 9.89. The molecule has 0 saturated carbocycles. The van der Waals surface area contributed by atoms with Gasteiger partial charge in [-0.15, -0.1) is 0 Å². The van der Waals surface area contributed by atoms with Crippen LogP contribution in [-0.4, -0.2) is 32.4 Å². The Bertz CT molecular complexity index is 875. The van der Waals surface area contributed by atoms with E-state index in [9.17, 15) is 13.6 Å². The normalized spacial score (nSPS) is 11.0. The van der Waals surface area contributed by atoms with Gasteiger partial charge < -0.3 is 14.2 Å². The van der Waals surface area contributed by atoms with E-state index < -0.39 is 12.5 Å². The fourth-order valence-corrected chi connectivity index (χ4v) is 2.45. The summed E-state index contributed by atoms with van der Waals surface area (Å²) >= 11 is 5.93. The van der Waals surface area contributed by atoms with E-state index in [4.69, 9.17) is 21.1 Å². The van der Waals surface area contributed by atoms with Crippen molar-refractivity contribution in [3.63, 3.8) is 0 Å². The molecule has 150 valence electrons. The van der Waals surface area contributed by atoms with Gasteiger partial charge in [0.1, 0.15) is 5.75 Å². The molecule has 6 nitrogen and oxygen atoms in total. The van der Waals surface area contributed by atoms with E-state index in [0.29, 0.717) is 11.3 Å². The third-order valence-corrected chi connectivity index (χ3v) is 3.99. The molecule has 2 aromatic rings. The highest BCUT2D eigenvalue weighted by molar-refractivity contribution is 6.32. The van der Waals surface area contributed by atoms with Crippen LogP contribution in [0.15, 0.2) is 35.4 Å². The number of halogens is 3. The van der Waals surface area contributed by atoms with Gasteiger partial charge in [0.2, 0.25) is 0 Å². The van der Waals surface area contributed by atoms with Crippen molar-refractivity contribution in [2.75, 3.05) is 13.7 Å². The summed E-state index contributed by atoms with van der Waals surface area (Å²) in [6.45, 7) is 0.672. The van der Waals surface area contributed by atoms with Gasteiger partial charge in [-0.1, -0.05) is 17.7 Å². The number of aryl methyl sites for hydroxylation is 2. The Morgan fingerprint density at radius 2 is 2.00 bits per heavy atom. The lowest BCUT2D eigenvalue weighted by Gasteiger charge is -2.12. The number of alkyl halides is 2. The first kappa shape index (κ1) is 21.4. The Morgan fingerprint density at radius 3 is 2.64 bits per heavy atom. The highest BCUT2D eigenvalue weighted by Gasteiger charge is 2.15. The zero-order valence-electron chi connectivity index (χ0n) is 15.5. The molecular weight excluding hydrogens is 394 g/mol. The topological polar surface area (TPSA) is 69.2 Å². The minimum Gasteiger partial charge on any atom is -0.493 e. The molecule has 9 heteroatoms. The number of hydrogen-bond donors (Lipinski definition) is 1. The molecule has 1 amide bonds. The molecule has 0 spiro atoms. The van der Waals surface area contributed by atoms with Gasteiger partial charge in [-0.05, 0) is 54.8 Å². The zero-order valence-corrected chi connectivity index (χ0v) is 16.2. The molecule has 0 aliphatic carbocycles. The second-order valence-corrected chi connectivity index (χ2v) is 6.15. The summed E-state index contributed by atoms with van der Waals surface area (Å²) in [6, 6.07) is 8.26. The molecule has 28 heavy (non-hydrogen) atoms. The maximum atomic E-state index is 12.4. The lowest BCUT2D eigenvalue weighted by atomic mass is 10.1. The number of carbonyl (C=O) groups is 1. The Balaban J connectivity index is 1.95. The fraction of sp³-hybridized carbons (Fsp3) is 0.263. The molecule has 0 radical (unpaired) electrons. The van der Waals surface area contributed by atoms with Gasteiger partial charge in [0.05, 0.1) is 18.3 Å². The summed E-state index contributed by atoms with van der Waals surface area (Å²) in [5.74, 6) is -0.153. The van der Waals surface area contributed by atoms with E-state index in [-0.39, 0.29) is 23.1 Å². The van der Waals surface area contributed by atoms with Crippen LogP contribution in [0.3, 0.4) is 0 Å². The van der Waals surface area contributed by atoms with Gasteiger partial charge in [0.15, 0.2) is 18.1 Å². The lowest BCUT2D eigenvalue weighted by Crippen LogP contribution is -2.24. The van der Waals surface area contributed by atoms with Crippen LogP contribution in [0.25, 0.3) is 0 Å². The largest absolute Gasteiger partial charge is 0.493 e. The van der Waals surface area contributed by atoms with Crippen LogP contribution >= 0.6 is 11.6 Å². The number of nitrogens with zero attached hydrogens (tertiary/aromatic N) is 1. The summed E-state index contributed by atoms with van der Waals surface area (Å²) < 4.78 is 39.6. The number of benzene rings is 2. The highest BCUT2D eigenvalue weighted by Crippen LogP contribution is 2.37. The molecule has 0 aliphatic heterocycles. The first-order valence-electron chi connectivity index (χ1n) is 8.14. The molecule has 2 rings (SSSR count). The van der Waals surface area contributed by atoms with Gasteiger partial charge >= 0.3 is 6.61 Å². The molecule has 0 atom stereocenters. The number of nitrogens with one attached hydrogen (secondary N) is 1. The van der Waals surface area contributed by atoms with Gasteiger partial charge in [0.25, 0.3) is 5.91 Å². The Kier molecular flexibility index (Phi) is 7.57. The van der Waals surface area contributed by atoms with Crippen LogP contribution in [0.1, 0.15) is 16.7 Å². The van der Waals surface area contributed by atoms with E-state index in [1.165, 1.54) is 25.5 Å². The Labute approximate surface area is 166 Å². The first-order valence-corrected chi connectivity index (χ1v) is 8.52. The molecule has 1 N–H and O–H groups in total. The third kappa shape index (κ3) is 6.09. The van der Waals surface area contributed by atoms with Crippen molar-refractivity contribution in [1.82, 2.24) is 5.43 Å². The number of hydrogen-bond acceptors (Lipinski definition) is 5. The summed E-state index contributed by atoms with van der Waals surface area (Å²) in [5.41, 5.74) is 4.90. The number of methoxy groups -OCH3 is 1. The van der Waals surface area contributed by atoms with Gasteiger partial charge in [-0.3, -0.25) is 4.79 Å². The number of amides is 1.